The lowest BCUT2D eigenvalue weighted by Crippen LogP contribution is -2.07. The van der Waals surface area contributed by atoms with Gasteiger partial charge >= 0.3 is 6.18 Å². The largest absolute Gasteiger partial charge is 0.416 e. The van der Waals surface area contributed by atoms with Gasteiger partial charge in [-0.15, -0.1) is 0 Å². The first-order valence-corrected chi connectivity index (χ1v) is 11.5. The Morgan fingerprint density at radius 2 is 1.82 bits per heavy atom. The summed E-state index contributed by atoms with van der Waals surface area (Å²) in [5.74, 6) is 0.686. The third kappa shape index (κ3) is 4.55. The van der Waals surface area contributed by atoms with Crippen molar-refractivity contribution < 1.29 is 13.2 Å². The SMILES string of the molecule is FC(F)(F)c1cccc(-n2cc(-c3ccccc3)c3c(NCCC4=CCCCC4)ncnc32)c1. The molecule has 1 aliphatic carbocycles. The predicted molar refractivity (Wildman–Crippen MR) is 129 cm³/mol. The summed E-state index contributed by atoms with van der Waals surface area (Å²) in [6.45, 7) is 0.737. The van der Waals surface area contributed by atoms with E-state index in [0.717, 1.165) is 54.5 Å². The van der Waals surface area contributed by atoms with Crippen LogP contribution in [0.4, 0.5) is 19.0 Å². The van der Waals surface area contributed by atoms with Crippen LogP contribution in [0.2, 0.25) is 0 Å². The van der Waals surface area contributed by atoms with Gasteiger partial charge in [-0.2, -0.15) is 13.2 Å². The first-order chi connectivity index (χ1) is 16.5. The summed E-state index contributed by atoms with van der Waals surface area (Å²) in [6.07, 6.45) is 6.95. The van der Waals surface area contributed by atoms with Crippen LogP contribution in [0.15, 0.2) is 78.8 Å². The molecule has 0 aliphatic heterocycles. The van der Waals surface area contributed by atoms with Crippen molar-refractivity contribution in [3.8, 4) is 16.8 Å². The van der Waals surface area contributed by atoms with Gasteiger partial charge < -0.3 is 9.88 Å². The number of benzene rings is 2. The summed E-state index contributed by atoms with van der Waals surface area (Å²) >= 11 is 0. The number of fused-ring (bicyclic) bond motifs is 1. The third-order valence-electron chi connectivity index (χ3n) is 6.24. The molecule has 1 aliphatic rings. The van der Waals surface area contributed by atoms with Gasteiger partial charge in [0.05, 0.1) is 10.9 Å². The quantitative estimate of drug-likeness (QED) is 0.303. The van der Waals surface area contributed by atoms with Crippen molar-refractivity contribution in [2.45, 2.75) is 38.3 Å². The molecule has 5 rings (SSSR count). The molecule has 0 bridgehead atoms. The van der Waals surface area contributed by atoms with Crippen LogP contribution in [-0.4, -0.2) is 21.1 Å². The molecule has 0 saturated carbocycles. The fraction of sp³-hybridized carbons (Fsp3) is 0.259. The van der Waals surface area contributed by atoms with Crippen molar-refractivity contribution in [2.75, 3.05) is 11.9 Å². The van der Waals surface area contributed by atoms with Crippen LogP contribution in [0.25, 0.3) is 27.8 Å². The number of nitrogens with one attached hydrogen (secondary N) is 1. The van der Waals surface area contributed by atoms with E-state index in [1.807, 2.05) is 36.5 Å². The van der Waals surface area contributed by atoms with E-state index in [1.54, 1.807) is 10.6 Å². The molecule has 0 saturated heterocycles. The Labute approximate surface area is 196 Å². The van der Waals surface area contributed by atoms with Crippen LogP contribution in [0, 0.1) is 0 Å². The number of halogens is 3. The average Bonchev–Trinajstić information content (AvgIpc) is 3.26. The molecule has 7 heteroatoms. The zero-order chi connectivity index (χ0) is 23.5. The Balaban J connectivity index is 1.58. The summed E-state index contributed by atoms with van der Waals surface area (Å²) in [7, 11) is 0. The van der Waals surface area contributed by atoms with E-state index in [-0.39, 0.29) is 0 Å². The first-order valence-electron chi connectivity index (χ1n) is 11.5. The molecule has 0 unspecified atom stereocenters. The minimum atomic E-state index is -4.42. The molecule has 4 nitrogen and oxygen atoms in total. The van der Waals surface area contributed by atoms with Crippen molar-refractivity contribution in [1.82, 2.24) is 14.5 Å². The molecule has 2 heterocycles. The number of hydrogen-bond donors (Lipinski definition) is 1. The standard InChI is InChI=1S/C27H25F3N4/c28-27(29,30)21-12-7-13-22(16-21)34-17-23(20-10-5-2-6-11-20)24-25(32-18-33-26(24)34)31-15-14-19-8-3-1-4-9-19/h2,5-8,10-13,16-18H,1,3-4,9,14-15H2,(H,31,32,33). The highest BCUT2D eigenvalue weighted by atomic mass is 19.4. The van der Waals surface area contributed by atoms with Crippen molar-refractivity contribution in [3.63, 3.8) is 0 Å². The summed E-state index contributed by atoms with van der Waals surface area (Å²) in [5, 5.41) is 4.26. The molecule has 4 aromatic rings. The Bertz CT molecular complexity index is 1320. The van der Waals surface area contributed by atoms with E-state index in [9.17, 15) is 13.2 Å². The Morgan fingerprint density at radius 3 is 2.59 bits per heavy atom. The van der Waals surface area contributed by atoms with E-state index in [1.165, 1.54) is 30.8 Å². The molecule has 34 heavy (non-hydrogen) atoms. The third-order valence-corrected chi connectivity index (χ3v) is 6.24. The number of anilines is 1. The van der Waals surface area contributed by atoms with Crippen LogP contribution in [0.1, 0.15) is 37.7 Å². The van der Waals surface area contributed by atoms with Crippen LogP contribution in [0.3, 0.4) is 0 Å². The number of rotatable bonds is 6. The molecule has 2 aromatic carbocycles. The maximum atomic E-state index is 13.4. The Hall–Kier alpha value is -3.61. The number of alkyl halides is 3. The maximum Gasteiger partial charge on any atom is 0.416 e. The fourth-order valence-electron chi connectivity index (χ4n) is 4.53. The molecule has 0 spiro atoms. The molecule has 0 radical (unpaired) electrons. The average molecular weight is 463 g/mol. The Kier molecular flexibility index (Phi) is 6.09. The lowest BCUT2D eigenvalue weighted by atomic mass is 9.97. The zero-order valence-electron chi connectivity index (χ0n) is 18.6. The minimum Gasteiger partial charge on any atom is -0.369 e. The van der Waals surface area contributed by atoms with Crippen LogP contribution in [-0.2, 0) is 6.18 Å². The molecule has 2 aromatic heterocycles. The van der Waals surface area contributed by atoms with Gasteiger partial charge in [-0.05, 0) is 55.9 Å². The highest BCUT2D eigenvalue weighted by Gasteiger charge is 2.30. The number of allylic oxidation sites excluding steroid dienone is 1. The van der Waals surface area contributed by atoms with Gasteiger partial charge in [-0.3, -0.25) is 0 Å². The van der Waals surface area contributed by atoms with Gasteiger partial charge in [-0.25, -0.2) is 9.97 Å². The minimum absolute atomic E-state index is 0.402. The second-order valence-electron chi connectivity index (χ2n) is 8.53. The van der Waals surface area contributed by atoms with E-state index in [4.69, 9.17) is 0 Å². The molecular weight excluding hydrogens is 437 g/mol. The second kappa shape index (κ2) is 9.33. The number of aromatic nitrogens is 3. The summed E-state index contributed by atoms with van der Waals surface area (Å²) < 4.78 is 41.8. The topological polar surface area (TPSA) is 42.7 Å². The molecule has 0 fully saturated rings. The van der Waals surface area contributed by atoms with E-state index in [2.05, 4.69) is 21.4 Å². The van der Waals surface area contributed by atoms with Gasteiger partial charge in [0.15, 0.2) is 5.65 Å². The van der Waals surface area contributed by atoms with Crippen LogP contribution in [0.5, 0.6) is 0 Å². The molecule has 0 atom stereocenters. The first kappa shape index (κ1) is 22.2. The number of nitrogens with zero attached hydrogens (tertiary/aromatic N) is 3. The van der Waals surface area contributed by atoms with Gasteiger partial charge in [0, 0.05) is 24.0 Å². The van der Waals surface area contributed by atoms with Crippen molar-refractivity contribution in [2.24, 2.45) is 0 Å². The monoisotopic (exact) mass is 462 g/mol. The second-order valence-corrected chi connectivity index (χ2v) is 8.53. The molecular formula is C27H25F3N4. The van der Waals surface area contributed by atoms with Crippen LogP contribution >= 0.6 is 0 Å². The zero-order valence-corrected chi connectivity index (χ0v) is 18.6. The summed E-state index contributed by atoms with van der Waals surface area (Å²) in [5.41, 5.74) is 3.56. The maximum absolute atomic E-state index is 13.4. The van der Waals surface area contributed by atoms with Crippen LogP contribution < -0.4 is 5.32 Å². The van der Waals surface area contributed by atoms with Gasteiger partial charge in [0.2, 0.25) is 0 Å². The highest BCUT2D eigenvalue weighted by Crippen LogP contribution is 2.37. The lowest BCUT2D eigenvalue weighted by Gasteiger charge is -2.14. The number of hydrogen-bond acceptors (Lipinski definition) is 3. The van der Waals surface area contributed by atoms with Gasteiger partial charge in [-0.1, -0.05) is 48.0 Å². The summed E-state index contributed by atoms with van der Waals surface area (Å²) in [4.78, 5) is 8.98. The van der Waals surface area contributed by atoms with Gasteiger partial charge in [0.25, 0.3) is 0 Å². The van der Waals surface area contributed by atoms with Gasteiger partial charge in [0.1, 0.15) is 12.1 Å². The summed E-state index contributed by atoms with van der Waals surface area (Å²) in [6, 6.07) is 15.1. The lowest BCUT2D eigenvalue weighted by molar-refractivity contribution is -0.137. The Morgan fingerprint density at radius 1 is 0.971 bits per heavy atom. The van der Waals surface area contributed by atoms with Crippen molar-refractivity contribution >= 4 is 16.9 Å². The molecule has 174 valence electrons. The van der Waals surface area contributed by atoms with Crippen molar-refractivity contribution in [3.05, 3.63) is 84.3 Å². The molecule has 1 N–H and O–H groups in total. The van der Waals surface area contributed by atoms with E-state index < -0.39 is 11.7 Å². The van der Waals surface area contributed by atoms with E-state index >= 15 is 0 Å². The van der Waals surface area contributed by atoms with E-state index in [0.29, 0.717) is 17.2 Å². The normalized spacial score (nSPS) is 14.3. The fourth-order valence-corrected chi connectivity index (χ4v) is 4.53. The smallest absolute Gasteiger partial charge is 0.369 e. The molecule has 0 amide bonds. The predicted octanol–water partition coefficient (Wildman–Crippen LogP) is 7.41. The van der Waals surface area contributed by atoms with Crippen molar-refractivity contribution in [1.29, 1.82) is 0 Å². The highest BCUT2D eigenvalue weighted by molar-refractivity contribution is 6.02.